The van der Waals surface area contributed by atoms with Crippen LogP contribution in [0.4, 0.5) is 4.39 Å². The Morgan fingerprint density at radius 3 is 2.65 bits per heavy atom. The maximum Gasteiger partial charge on any atom is 0.281 e. The van der Waals surface area contributed by atoms with Gasteiger partial charge in [0.05, 0.1) is 0 Å². The van der Waals surface area contributed by atoms with Crippen LogP contribution >= 0.6 is 0 Å². The van der Waals surface area contributed by atoms with Crippen molar-refractivity contribution in [2.24, 2.45) is 7.05 Å². The first-order chi connectivity index (χ1) is 11.1. The zero-order valence-corrected chi connectivity index (χ0v) is 12.7. The Kier molecular flexibility index (Phi) is 2.84. The Labute approximate surface area is 131 Å². The zero-order chi connectivity index (χ0) is 16.1. The molecule has 0 N–H and O–H groups in total. The van der Waals surface area contributed by atoms with Crippen LogP contribution in [0.2, 0.25) is 0 Å². The molecule has 4 nitrogen and oxygen atoms in total. The first-order valence-corrected chi connectivity index (χ1v) is 7.29. The molecule has 0 aliphatic heterocycles. The highest BCUT2D eigenvalue weighted by Crippen LogP contribution is 2.27. The molecular weight excluding hydrogens is 293 g/mol. The molecule has 4 rings (SSSR count). The quantitative estimate of drug-likeness (QED) is 0.541. The predicted octanol–water partition coefficient (Wildman–Crippen LogP) is 3.32. The van der Waals surface area contributed by atoms with Crippen LogP contribution in [-0.2, 0) is 7.05 Å². The van der Waals surface area contributed by atoms with Gasteiger partial charge in [0.2, 0.25) is 0 Å². The first kappa shape index (κ1) is 13.7. The number of pyridine rings is 2. The van der Waals surface area contributed by atoms with Crippen molar-refractivity contribution in [3.05, 3.63) is 70.5 Å². The number of aryl methyl sites for hydroxylation is 2. The largest absolute Gasteiger partial charge is 0.339 e. The van der Waals surface area contributed by atoms with E-state index in [2.05, 4.69) is 4.98 Å². The van der Waals surface area contributed by atoms with Crippen molar-refractivity contribution >= 4 is 21.8 Å². The number of halogens is 1. The molecule has 0 bridgehead atoms. The molecule has 0 saturated heterocycles. The average molecular weight is 307 g/mol. The third kappa shape index (κ3) is 1.90. The molecule has 5 heteroatoms. The molecule has 23 heavy (non-hydrogen) atoms. The Morgan fingerprint density at radius 2 is 1.91 bits per heavy atom. The van der Waals surface area contributed by atoms with Gasteiger partial charge in [0.15, 0.2) is 0 Å². The molecule has 0 aliphatic carbocycles. The molecule has 0 fully saturated rings. The van der Waals surface area contributed by atoms with E-state index >= 15 is 0 Å². The first-order valence-electron chi connectivity index (χ1n) is 7.29. The molecule has 0 aliphatic rings. The maximum absolute atomic E-state index is 13.6. The van der Waals surface area contributed by atoms with Gasteiger partial charge in [-0.1, -0.05) is 6.07 Å². The van der Waals surface area contributed by atoms with Gasteiger partial charge in [-0.3, -0.25) is 9.36 Å². The summed E-state index contributed by atoms with van der Waals surface area (Å²) in [6.45, 7) is 1.85. The lowest BCUT2D eigenvalue weighted by atomic mass is 10.1. The van der Waals surface area contributed by atoms with E-state index < -0.39 is 0 Å². The second-order valence-electron chi connectivity index (χ2n) is 5.60. The van der Waals surface area contributed by atoms with E-state index in [4.69, 9.17) is 0 Å². The van der Waals surface area contributed by atoms with Gasteiger partial charge in [0.25, 0.3) is 5.56 Å². The summed E-state index contributed by atoms with van der Waals surface area (Å²) in [6.07, 6.45) is 1.66. The highest BCUT2D eigenvalue weighted by atomic mass is 19.1. The molecule has 0 spiro atoms. The van der Waals surface area contributed by atoms with E-state index in [1.807, 2.05) is 36.7 Å². The number of fused-ring (bicyclic) bond motifs is 3. The van der Waals surface area contributed by atoms with E-state index in [-0.39, 0.29) is 11.4 Å². The monoisotopic (exact) mass is 307 g/mol. The van der Waals surface area contributed by atoms with Gasteiger partial charge in [-0.15, -0.1) is 0 Å². The molecule has 114 valence electrons. The summed E-state index contributed by atoms with van der Waals surface area (Å²) in [5, 5.41) is 1.51. The molecule has 0 radical (unpaired) electrons. The maximum atomic E-state index is 13.6. The van der Waals surface area contributed by atoms with Crippen molar-refractivity contribution < 1.29 is 4.39 Å². The van der Waals surface area contributed by atoms with Gasteiger partial charge >= 0.3 is 0 Å². The summed E-state index contributed by atoms with van der Waals surface area (Å²) in [5.41, 5.74) is 1.98. The minimum atomic E-state index is -0.309. The van der Waals surface area contributed by atoms with Crippen LogP contribution < -0.4 is 5.56 Å². The smallest absolute Gasteiger partial charge is 0.281 e. The highest BCUT2D eigenvalue weighted by Gasteiger charge is 2.16. The summed E-state index contributed by atoms with van der Waals surface area (Å²) < 4.78 is 17.0. The molecule has 0 amide bonds. The highest BCUT2D eigenvalue weighted by molar-refractivity contribution is 6.07. The van der Waals surface area contributed by atoms with Crippen LogP contribution in [0.5, 0.6) is 0 Å². The van der Waals surface area contributed by atoms with Crippen molar-refractivity contribution in [2.45, 2.75) is 6.92 Å². The molecule has 3 heterocycles. The van der Waals surface area contributed by atoms with Crippen molar-refractivity contribution in [1.82, 2.24) is 14.1 Å². The summed E-state index contributed by atoms with van der Waals surface area (Å²) in [5.74, 6) is 0.268. The Bertz CT molecular complexity index is 1110. The van der Waals surface area contributed by atoms with E-state index in [0.717, 1.165) is 22.0 Å². The lowest BCUT2D eigenvalue weighted by molar-refractivity contribution is 0.629. The average Bonchev–Trinajstić information content (AvgIpc) is 2.81. The van der Waals surface area contributed by atoms with E-state index in [0.29, 0.717) is 11.3 Å². The van der Waals surface area contributed by atoms with Crippen LogP contribution in [0.3, 0.4) is 0 Å². The molecule has 0 saturated carbocycles. The van der Waals surface area contributed by atoms with E-state index in [1.54, 1.807) is 22.9 Å². The summed E-state index contributed by atoms with van der Waals surface area (Å²) in [4.78, 5) is 17.3. The lowest BCUT2D eigenvalue weighted by Gasteiger charge is -2.09. The van der Waals surface area contributed by atoms with Gasteiger partial charge in [-0.2, -0.15) is 0 Å². The van der Waals surface area contributed by atoms with Crippen LogP contribution in [0.1, 0.15) is 5.69 Å². The standard InChI is InChI=1S/C18H14FN3O/c1-11-9-14-13-10-12(19)6-7-15(13)21(2)17(14)18(23)22(11)16-5-3-4-8-20-16/h3-10H,1-2H3. The van der Waals surface area contributed by atoms with Crippen molar-refractivity contribution in [1.29, 1.82) is 0 Å². The van der Waals surface area contributed by atoms with Crippen molar-refractivity contribution in [3.63, 3.8) is 0 Å². The number of hydrogen-bond donors (Lipinski definition) is 0. The fourth-order valence-electron chi connectivity index (χ4n) is 3.16. The van der Waals surface area contributed by atoms with E-state index in [1.165, 1.54) is 12.1 Å². The minimum Gasteiger partial charge on any atom is -0.339 e. The fourth-order valence-corrected chi connectivity index (χ4v) is 3.16. The normalized spacial score (nSPS) is 11.4. The molecule has 4 aromatic rings. The molecule has 1 aromatic carbocycles. The number of hydrogen-bond acceptors (Lipinski definition) is 2. The van der Waals surface area contributed by atoms with Crippen LogP contribution in [0, 0.1) is 12.7 Å². The summed E-state index contributed by atoms with van der Waals surface area (Å²) in [6, 6.07) is 11.9. The number of nitrogens with zero attached hydrogens (tertiary/aromatic N) is 3. The van der Waals surface area contributed by atoms with Crippen LogP contribution in [0.15, 0.2) is 53.5 Å². The number of rotatable bonds is 1. The molecule has 0 unspecified atom stereocenters. The summed E-state index contributed by atoms with van der Waals surface area (Å²) >= 11 is 0. The fraction of sp³-hybridized carbons (Fsp3) is 0.111. The Morgan fingerprint density at radius 1 is 1.09 bits per heavy atom. The van der Waals surface area contributed by atoms with Crippen LogP contribution in [-0.4, -0.2) is 14.1 Å². The molecule has 0 atom stereocenters. The summed E-state index contributed by atoms with van der Waals surface area (Å²) in [7, 11) is 1.82. The number of benzene rings is 1. The topological polar surface area (TPSA) is 39.8 Å². The second-order valence-corrected chi connectivity index (χ2v) is 5.60. The molecule has 3 aromatic heterocycles. The lowest BCUT2D eigenvalue weighted by Crippen LogP contribution is -2.22. The van der Waals surface area contributed by atoms with Gasteiger partial charge in [0.1, 0.15) is 17.2 Å². The number of aromatic nitrogens is 3. The van der Waals surface area contributed by atoms with Gasteiger partial charge in [-0.25, -0.2) is 9.37 Å². The minimum absolute atomic E-state index is 0.155. The second kappa shape index (κ2) is 4.78. The zero-order valence-electron chi connectivity index (χ0n) is 12.7. The third-order valence-electron chi connectivity index (χ3n) is 4.19. The van der Waals surface area contributed by atoms with Gasteiger partial charge in [-0.05, 0) is 43.3 Å². The SMILES string of the molecule is Cc1cc2c3cc(F)ccc3n(C)c2c(=O)n1-c1ccccn1. The van der Waals surface area contributed by atoms with Gasteiger partial charge < -0.3 is 4.57 Å². The van der Waals surface area contributed by atoms with Crippen molar-refractivity contribution in [3.8, 4) is 5.82 Å². The van der Waals surface area contributed by atoms with Gasteiger partial charge in [0, 0.05) is 35.2 Å². The van der Waals surface area contributed by atoms with Crippen molar-refractivity contribution in [2.75, 3.05) is 0 Å². The van der Waals surface area contributed by atoms with E-state index in [9.17, 15) is 9.18 Å². The predicted molar refractivity (Wildman–Crippen MR) is 88.5 cm³/mol. The van der Waals surface area contributed by atoms with Crippen LogP contribution in [0.25, 0.3) is 27.6 Å². The Balaban J connectivity index is 2.20. The Hall–Kier alpha value is -2.95. The molecular formula is C18H14FN3O. The third-order valence-corrected chi connectivity index (χ3v) is 4.19.